The fourth-order valence-corrected chi connectivity index (χ4v) is 2.15. The van der Waals surface area contributed by atoms with Gasteiger partial charge in [-0.3, -0.25) is 0 Å². The number of esters is 1. The Morgan fingerprint density at radius 1 is 1.38 bits per heavy atom. The number of rotatable bonds is 5. The van der Waals surface area contributed by atoms with Crippen LogP contribution in [0.15, 0.2) is 23.4 Å². The predicted molar refractivity (Wildman–Crippen MR) is 75.6 cm³/mol. The Balaban J connectivity index is 2.31. The number of ether oxygens (including phenoxy) is 3. The molecular weight excluding hydrogens is 276 g/mol. The largest absolute Gasteiger partial charge is 0.497 e. The molecule has 1 unspecified atom stereocenters. The molecule has 0 spiro atoms. The zero-order valence-corrected chi connectivity index (χ0v) is 12.2. The highest BCUT2D eigenvalue weighted by atomic mass is 16.7. The van der Waals surface area contributed by atoms with Crippen LogP contribution in [0.5, 0.6) is 11.5 Å². The number of oxime groups is 1. The van der Waals surface area contributed by atoms with Crippen molar-refractivity contribution in [3.8, 4) is 11.5 Å². The van der Waals surface area contributed by atoms with Crippen LogP contribution < -0.4 is 15.2 Å². The fraction of sp³-hybridized carbons (Fsp3) is 0.429. The first kappa shape index (κ1) is 15.1. The van der Waals surface area contributed by atoms with Crippen molar-refractivity contribution in [3.05, 3.63) is 23.8 Å². The number of hydrogen-bond donors (Lipinski definition) is 1. The van der Waals surface area contributed by atoms with Gasteiger partial charge in [-0.15, -0.1) is 0 Å². The second-order valence-corrected chi connectivity index (χ2v) is 4.56. The third kappa shape index (κ3) is 2.64. The summed E-state index contributed by atoms with van der Waals surface area (Å²) < 4.78 is 15.2. The van der Waals surface area contributed by atoms with Crippen molar-refractivity contribution in [3.63, 3.8) is 0 Å². The van der Waals surface area contributed by atoms with Crippen molar-refractivity contribution in [2.24, 2.45) is 10.9 Å². The maximum absolute atomic E-state index is 11.8. The lowest BCUT2D eigenvalue weighted by molar-refractivity contribution is -0.165. The molecule has 1 aliphatic heterocycles. The number of nitrogens with zero attached hydrogens (tertiary/aromatic N) is 1. The maximum atomic E-state index is 11.8. The molecule has 0 saturated carbocycles. The van der Waals surface area contributed by atoms with Crippen LogP contribution in [0.1, 0.15) is 12.0 Å². The molecule has 1 atom stereocenters. The zero-order chi connectivity index (χ0) is 15.5. The molecule has 114 valence electrons. The molecule has 0 aliphatic carbocycles. The molecule has 1 heterocycles. The van der Waals surface area contributed by atoms with Crippen molar-refractivity contribution < 1.29 is 23.8 Å². The summed E-state index contributed by atoms with van der Waals surface area (Å²) in [5, 5.41) is 3.98. The number of methoxy groups -OCH3 is 3. The summed E-state index contributed by atoms with van der Waals surface area (Å²) in [5.41, 5.74) is 5.68. The van der Waals surface area contributed by atoms with Gasteiger partial charge in [0.05, 0.1) is 27.0 Å². The van der Waals surface area contributed by atoms with E-state index in [0.29, 0.717) is 17.2 Å². The minimum Gasteiger partial charge on any atom is -0.497 e. The Kier molecular flexibility index (Phi) is 4.32. The van der Waals surface area contributed by atoms with Gasteiger partial charge < -0.3 is 24.8 Å². The Labute approximate surface area is 122 Å². The van der Waals surface area contributed by atoms with E-state index in [1.54, 1.807) is 32.4 Å². The first-order valence-electron chi connectivity index (χ1n) is 6.36. The fourth-order valence-electron chi connectivity index (χ4n) is 2.15. The molecule has 0 radical (unpaired) electrons. The Morgan fingerprint density at radius 3 is 2.71 bits per heavy atom. The van der Waals surface area contributed by atoms with Gasteiger partial charge in [0.1, 0.15) is 11.5 Å². The van der Waals surface area contributed by atoms with Crippen LogP contribution in [0.4, 0.5) is 0 Å². The molecule has 2 rings (SSSR count). The molecular formula is C14H18N2O5. The highest BCUT2D eigenvalue weighted by Gasteiger charge is 2.47. The van der Waals surface area contributed by atoms with Gasteiger partial charge in [-0.1, -0.05) is 5.16 Å². The van der Waals surface area contributed by atoms with E-state index in [0.717, 1.165) is 5.56 Å². The number of benzene rings is 1. The van der Waals surface area contributed by atoms with Gasteiger partial charge in [0, 0.05) is 24.6 Å². The predicted octanol–water partition coefficient (Wildman–Crippen LogP) is 0.699. The summed E-state index contributed by atoms with van der Waals surface area (Å²) in [4.78, 5) is 17.1. The summed E-state index contributed by atoms with van der Waals surface area (Å²) in [7, 11) is 4.40. The second-order valence-electron chi connectivity index (χ2n) is 4.56. The normalized spacial score (nSPS) is 20.5. The van der Waals surface area contributed by atoms with Crippen molar-refractivity contribution in [2.75, 3.05) is 27.9 Å². The average Bonchev–Trinajstić information content (AvgIpc) is 2.99. The number of carbonyl (C=O) groups excluding carboxylic acids is 1. The maximum Gasteiger partial charge on any atom is 0.354 e. The highest BCUT2D eigenvalue weighted by Crippen LogP contribution is 2.32. The van der Waals surface area contributed by atoms with Crippen LogP contribution in [0.2, 0.25) is 0 Å². The van der Waals surface area contributed by atoms with Crippen molar-refractivity contribution in [1.82, 2.24) is 0 Å². The highest BCUT2D eigenvalue weighted by molar-refractivity contribution is 6.06. The molecule has 0 saturated heterocycles. The van der Waals surface area contributed by atoms with Gasteiger partial charge in [-0.25, -0.2) is 4.79 Å². The van der Waals surface area contributed by atoms with Crippen LogP contribution in [0.25, 0.3) is 0 Å². The molecule has 1 aromatic carbocycles. The average molecular weight is 294 g/mol. The molecule has 1 aliphatic rings. The molecule has 7 nitrogen and oxygen atoms in total. The summed E-state index contributed by atoms with van der Waals surface area (Å²) in [5.74, 6) is 0.693. The van der Waals surface area contributed by atoms with E-state index in [4.69, 9.17) is 24.8 Å². The van der Waals surface area contributed by atoms with Gasteiger partial charge in [0.15, 0.2) is 0 Å². The van der Waals surface area contributed by atoms with E-state index >= 15 is 0 Å². The lowest BCUT2D eigenvalue weighted by Gasteiger charge is -2.21. The van der Waals surface area contributed by atoms with E-state index in [1.807, 2.05) is 0 Å². The van der Waals surface area contributed by atoms with Gasteiger partial charge in [0.2, 0.25) is 0 Å². The van der Waals surface area contributed by atoms with Crippen molar-refractivity contribution in [2.45, 2.75) is 12.0 Å². The first-order chi connectivity index (χ1) is 10.1. The van der Waals surface area contributed by atoms with Crippen LogP contribution in [0, 0.1) is 0 Å². The Hall–Kier alpha value is -2.28. The molecule has 0 fully saturated rings. The molecule has 0 amide bonds. The van der Waals surface area contributed by atoms with Gasteiger partial charge in [0.25, 0.3) is 5.60 Å². The van der Waals surface area contributed by atoms with E-state index in [1.165, 1.54) is 7.11 Å². The van der Waals surface area contributed by atoms with E-state index < -0.39 is 11.6 Å². The summed E-state index contributed by atoms with van der Waals surface area (Å²) in [6, 6.07) is 5.31. The van der Waals surface area contributed by atoms with Gasteiger partial charge >= 0.3 is 5.97 Å². The van der Waals surface area contributed by atoms with Crippen LogP contribution in [0.3, 0.4) is 0 Å². The number of nitrogens with two attached hydrogens (primary N) is 1. The topological polar surface area (TPSA) is 92.4 Å². The Bertz CT molecular complexity index is 572. The minimum absolute atomic E-state index is 0.0227. The lowest BCUT2D eigenvalue weighted by atomic mass is 9.94. The standard InChI is InChI=1S/C14H18N2O5/c1-18-9-4-5-10(12(6-9)19-2)11-7-14(8-15,21-16-11)13(17)20-3/h4-6H,7-8,15H2,1-3H3. The zero-order valence-electron chi connectivity index (χ0n) is 12.2. The second kappa shape index (κ2) is 6.01. The summed E-state index contributed by atoms with van der Waals surface area (Å²) in [6.07, 6.45) is 0.221. The number of hydrogen-bond acceptors (Lipinski definition) is 7. The lowest BCUT2D eigenvalue weighted by Crippen LogP contribution is -2.46. The molecule has 2 N–H and O–H groups in total. The van der Waals surface area contributed by atoms with Crippen LogP contribution >= 0.6 is 0 Å². The van der Waals surface area contributed by atoms with Gasteiger partial charge in [-0.2, -0.15) is 0 Å². The van der Waals surface area contributed by atoms with Gasteiger partial charge in [-0.05, 0) is 12.1 Å². The minimum atomic E-state index is -1.27. The van der Waals surface area contributed by atoms with Crippen LogP contribution in [-0.4, -0.2) is 45.2 Å². The van der Waals surface area contributed by atoms with E-state index in [-0.39, 0.29) is 13.0 Å². The SMILES string of the molecule is COC(=O)C1(CN)CC(c2ccc(OC)cc2OC)=NO1. The first-order valence-corrected chi connectivity index (χ1v) is 6.36. The molecule has 0 bridgehead atoms. The third-order valence-corrected chi connectivity index (χ3v) is 3.39. The smallest absolute Gasteiger partial charge is 0.354 e. The Morgan fingerprint density at radius 2 is 2.14 bits per heavy atom. The third-order valence-electron chi connectivity index (χ3n) is 3.39. The molecule has 0 aromatic heterocycles. The van der Waals surface area contributed by atoms with Crippen molar-refractivity contribution >= 4 is 11.7 Å². The number of carbonyl (C=O) groups is 1. The van der Waals surface area contributed by atoms with Crippen molar-refractivity contribution in [1.29, 1.82) is 0 Å². The molecule has 21 heavy (non-hydrogen) atoms. The molecule has 1 aromatic rings. The van der Waals surface area contributed by atoms with Crippen LogP contribution in [-0.2, 0) is 14.4 Å². The van der Waals surface area contributed by atoms with E-state index in [9.17, 15) is 4.79 Å². The molecule has 7 heteroatoms. The summed E-state index contributed by atoms with van der Waals surface area (Å²) >= 11 is 0. The quantitative estimate of drug-likeness (QED) is 0.804. The summed E-state index contributed by atoms with van der Waals surface area (Å²) in [6.45, 7) is -0.0227. The van der Waals surface area contributed by atoms with E-state index in [2.05, 4.69) is 5.16 Å². The monoisotopic (exact) mass is 294 g/mol.